The third-order valence-corrected chi connectivity index (χ3v) is 3.69. The van der Waals surface area contributed by atoms with Crippen LogP contribution in [0.1, 0.15) is 42.3 Å². The summed E-state index contributed by atoms with van der Waals surface area (Å²) in [5, 5.41) is 12.8. The zero-order chi connectivity index (χ0) is 19.2. The van der Waals surface area contributed by atoms with Gasteiger partial charge in [0, 0.05) is 12.1 Å². The van der Waals surface area contributed by atoms with Crippen molar-refractivity contribution in [2.24, 2.45) is 0 Å². The van der Waals surface area contributed by atoms with Crippen LogP contribution in [0.3, 0.4) is 0 Å². The zero-order valence-corrected chi connectivity index (χ0v) is 15.1. The average Bonchev–Trinajstić information content (AvgIpc) is 2.60. The maximum absolute atomic E-state index is 12.2. The highest BCUT2D eigenvalue weighted by molar-refractivity contribution is 5.94. The van der Waals surface area contributed by atoms with E-state index in [1.807, 2.05) is 24.3 Å². The molecule has 0 aliphatic rings. The predicted octanol–water partition coefficient (Wildman–Crippen LogP) is 3.38. The number of hydrogen-bond donors (Lipinski definition) is 2. The first-order valence-corrected chi connectivity index (χ1v) is 8.34. The van der Waals surface area contributed by atoms with Crippen molar-refractivity contribution in [1.82, 2.24) is 5.32 Å². The lowest BCUT2D eigenvalue weighted by atomic mass is 9.97. The Morgan fingerprint density at radius 3 is 2.19 bits per heavy atom. The van der Waals surface area contributed by atoms with Crippen LogP contribution < -0.4 is 10.1 Å². The van der Waals surface area contributed by atoms with Crippen LogP contribution in [-0.2, 0) is 16.9 Å². The van der Waals surface area contributed by atoms with Gasteiger partial charge in [0.1, 0.15) is 5.75 Å². The maximum atomic E-state index is 12.2. The molecule has 6 heteroatoms. The molecule has 0 fully saturated rings. The van der Waals surface area contributed by atoms with Crippen LogP contribution in [-0.4, -0.2) is 23.8 Å². The van der Waals surface area contributed by atoms with Crippen molar-refractivity contribution in [3.05, 3.63) is 65.2 Å². The minimum Gasteiger partial charge on any atom is -0.434 e. The van der Waals surface area contributed by atoms with Crippen molar-refractivity contribution in [3.63, 3.8) is 0 Å². The average molecular weight is 357 g/mol. The highest BCUT2D eigenvalue weighted by Crippen LogP contribution is 2.19. The van der Waals surface area contributed by atoms with Crippen LogP contribution in [0.15, 0.2) is 48.5 Å². The number of benzene rings is 2. The Kier molecular flexibility index (Phi) is 6.36. The van der Waals surface area contributed by atoms with E-state index in [1.165, 1.54) is 12.1 Å². The largest absolute Gasteiger partial charge is 0.513 e. The molecule has 0 saturated carbocycles. The lowest BCUT2D eigenvalue weighted by Gasteiger charge is -2.18. The molecule has 0 saturated heterocycles. The number of ether oxygens (including phenoxy) is 2. The van der Waals surface area contributed by atoms with Gasteiger partial charge in [0.15, 0.2) is 0 Å². The van der Waals surface area contributed by atoms with E-state index in [0.717, 1.165) is 11.1 Å². The molecular formula is C20H23NO5. The normalized spacial score (nSPS) is 10.9. The van der Waals surface area contributed by atoms with Gasteiger partial charge in [0.2, 0.25) is 0 Å². The van der Waals surface area contributed by atoms with Gasteiger partial charge >= 0.3 is 6.16 Å². The molecule has 0 atom stereocenters. The molecule has 138 valence electrons. The van der Waals surface area contributed by atoms with Gasteiger partial charge in [-0.05, 0) is 56.2 Å². The van der Waals surface area contributed by atoms with Gasteiger partial charge in [-0.3, -0.25) is 4.79 Å². The van der Waals surface area contributed by atoms with E-state index in [2.05, 4.69) is 10.1 Å². The topological polar surface area (TPSA) is 84.9 Å². The van der Waals surface area contributed by atoms with Crippen LogP contribution >= 0.6 is 0 Å². The zero-order valence-electron chi connectivity index (χ0n) is 15.1. The fourth-order valence-electron chi connectivity index (χ4n) is 2.23. The Labute approximate surface area is 152 Å². The van der Waals surface area contributed by atoms with Crippen LogP contribution in [0.2, 0.25) is 0 Å². The molecular weight excluding hydrogens is 334 g/mol. The summed E-state index contributed by atoms with van der Waals surface area (Å²) in [6.45, 7) is 5.73. The smallest absolute Gasteiger partial charge is 0.434 e. The molecule has 2 aromatic carbocycles. The summed E-state index contributed by atoms with van der Waals surface area (Å²) in [6, 6.07) is 13.6. The van der Waals surface area contributed by atoms with Crippen LogP contribution in [0.5, 0.6) is 5.75 Å². The van der Waals surface area contributed by atoms with Crippen molar-refractivity contribution in [3.8, 4) is 5.75 Å². The second-order valence-electron chi connectivity index (χ2n) is 6.25. The summed E-state index contributed by atoms with van der Waals surface area (Å²) in [4.78, 5) is 23.4. The molecule has 2 N–H and O–H groups in total. The van der Waals surface area contributed by atoms with Gasteiger partial charge in [0.05, 0.1) is 12.2 Å². The lowest BCUT2D eigenvalue weighted by molar-refractivity contribution is 0.0785. The summed E-state index contributed by atoms with van der Waals surface area (Å²) >= 11 is 0. The minimum absolute atomic E-state index is 0.232. The van der Waals surface area contributed by atoms with E-state index >= 15 is 0 Å². The second kappa shape index (κ2) is 8.49. The van der Waals surface area contributed by atoms with E-state index in [1.54, 1.807) is 32.9 Å². The van der Waals surface area contributed by atoms with Gasteiger partial charge in [0.25, 0.3) is 5.91 Å². The molecule has 0 heterocycles. The number of nitrogens with one attached hydrogen (secondary N) is 1. The molecule has 26 heavy (non-hydrogen) atoms. The van der Waals surface area contributed by atoms with Crippen LogP contribution in [0, 0.1) is 0 Å². The van der Waals surface area contributed by atoms with Crippen molar-refractivity contribution in [2.45, 2.75) is 32.9 Å². The Morgan fingerprint density at radius 2 is 1.65 bits per heavy atom. The van der Waals surface area contributed by atoms with Crippen LogP contribution in [0.25, 0.3) is 0 Å². The molecule has 1 amide bonds. The first-order chi connectivity index (χ1) is 12.3. The number of rotatable bonds is 6. The number of amides is 1. The van der Waals surface area contributed by atoms with E-state index < -0.39 is 11.8 Å². The summed E-state index contributed by atoms with van der Waals surface area (Å²) in [7, 11) is 0. The highest BCUT2D eigenvalue weighted by Gasteiger charge is 2.15. The first kappa shape index (κ1) is 19.5. The summed E-state index contributed by atoms with van der Waals surface area (Å²) in [5.41, 5.74) is 1.29. The van der Waals surface area contributed by atoms with Gasteiger partial charge in [-0.15, -0.1) is 0 Å². The maximum Gasteiger partial charge on any atom is 0.513 e. The van der Waals surface area contributed by atoms with Crippen LogP contribution in [0.4, 0.5) is 4.79 Å². The summed E-state index contributed by atoms with van der Waals surface area (Å²) in [5.74, 6) is 0.0708. The van der Waals surface area contributed by atoms with E-state index in [9.17, 15) is 14.7 Å². The van der Waals surface area contributed by atoms with Crippen molar-refractivity contribution in [1.29, 1.82) is 0 Å². The fourth-order valence-corrected chi connectivity index (χ4v) is 2.23. The molecule has 0 bridgehead atoms. The van der Waals surface area contributed by atoms with E-state index in [-0.39, 0.29) is 12.5 Å². The van der Waals surface area contributed by atoms with Crippen molar-refractivity contribution < 1.29 is 24.2 Å². The molecule has 0 aromatic heterocycles. The molecule has 2 aromatic rings. The van der Waals surface area contributed by atoms with E-state index in [4.69, 9.17) is 4.74 Å². The summed E-state index contributed by atoms with van der Waals surface area (Å²) < 4.78 is 9.63. The number of aliphatic hydroxyl groups is 1. The Bertz CT molecular complexity index is 745. The molecule has 0 aliphatic heterocycles. The Morgan fingerprint density at radius 1 is 1.04 bits per heavy atom. The second-order valence-corrected chi connectivity index (χ2v) is 6.25. The number of carbonyl (C=O) groups excluding carboxylic acids is 2. The minimum atomic E-state index is -0.894. The number of hydrogen-bond acceptors (Lipinski definition) is 5. The molecule has 0 unspecified atom stereocenters. The standard InChI is InChI=1S/C20H23NO5/c1-4-25-19(23)26-17-11-7-15(8-12-17)18(22)21-13-14-5-9-16(10-6-14)20(2,3)24/h5-12,24H,4,13H2,1-3H3,(H,21,22). The molecule has 6 nitrogen and oxygen atoms in total. The third-order valence-electron chi connectivity index (χ3n) is 3.69. The van der Waals surface area contributed by atoms with Gasteiger partial charge < -0.3 is 19.9 Å². The van der Waals surface area contributed by atoms with Gasteiger partial charge in [-0.1, -0.05) is 24.3 Å². The summed E-state index contributed by atoms with van der Waals surface area (Å²) in [6.07, 6.45) is -0.779. The lowest BCUT2D eigenvalue weighted by Crippen LogP contribution is -2.23. The SMILES string of the molecule is CCOC(=O)Oc1ccc(C(=O)NCc2ccc(C(C)(C)O)cc2)cc1. The van der Waals surface area contributed by atoms with Gasteiger partial charge in [-0.2, -0.15) is 0 Å². The quantitative estimate of drug-likeness (QED) is 0.611. The van der Waals surface area contributed by atoms with Crippen molar-refractivity contribution >= 4 is 12.1 Å². The van der Waals surface area contributed by atoms with Gasteiger partial charge in [-0.25, -0.2) is 4.79 Å². The third kappa shape index (κ3) is 5.60. The highest BCUT2D eigenvalue weighted by atomic mass is 16.7. The molecule has 2 rings (SSSR count). The first-order valence-electron chi connectivity index (χ1n) is 8.34. The van der Waals surface area contributed by atoms with Crippen molar-refractivity contribution in [2.75, 3.05) is 6.61 Å². The molecule has 0 aliphatic carbocycles. The molecule has 0 radical (unpaired) electrons. The fraction of sp³-hybridized carbons (Fsp3) is 0.300. The Hall–Kier alpha value is -2.86. The predicted molar refractivity (Wildman–Crippen MR) is 96.9 cm³/mol. The van der Waals surface area contributed by atoms with E-state index in [0.29, 0.717) is 17.9 Å². The monoisotopic (exact) mass is 357 g/mol. The number of carbonyl (C=O) groups is 2. The molecule has 0 spiro atoms. The Balaban J connectivity index is 1.90.